The molecule has 1 saturated heterocycles. The molecule has 0 amide bonds. The van der Waals surface area contributed by atoms with Gasteiger partial charge in [-0.05, 0) is 32.2 Å². The molecule has 1 rings (SSSR count). The predicted octanol–water partition coefficient (Wildman–Crippen LogP) is 2.97. The van der Waals surface area contributed by atoms with Crippen LogP contribution in [0.15, 0.2) is 0 Å². The van der Waals surface area contributed by atoms with Gasteiger partial charge in [-0.25, -0.2) is 0 Å². The second-order valence-corrected chi connectivity index (χ2v) is 4.80. The van der Waals surface area contributed by atoms with E-state index < -0.39 is 0 Å². The summed E-state index contributed by atoms with van der Waals surface area (Å²) in [7, 11) is 2.10. The Morgan fingerprint density at radius 1 is 1.33 bits per heavy atom. The van der Waals surface area contributed by atoms with Gasteiger partial charge in [0.2, 0.25) is 0 Å². The molecule has 0 aromatic heterocycles. The first-order valence-electron chi connectivity index (χ1n) is 6.61. The van der Waals surface area contributed by atoms with Crippen LogP contribution in [-0.4, -0.2) is 26.3 Å². The van der Waals surface area contributed by atoms with Crippen molar-refractivity contribution in [3.63, 3.8) is 0 Å². The summed E-state index contributed by atoms with van der Waals surface area (Å²) in [6.07, 6.45) is 9.43. The van der Waals surface area contributed by atoms with Crippen LogP contribution < -0.4 is 5.32 Å². The number of ether oxygens (including phenoxy) is 1. The highest BCUT2D eigenvalue weighted by Gasteiger charge is 2.19. The summed E-state index contributed by atoms with van der Waals surface area (Å²) < 4.78 is 5.42. The van der Waals surface area contributed by atoms with E-state index in [1.165, 1.54) is 44.9 Å². The second kappa shape index (κ2) is 8.12. The smallest absolute Gasteiger partial charge is 0.0495 e. The van der Waals surface area contributed by atoms with E-state index in [4.69, 9.17) is 4.74 Å². The van der Waals surface area contributed by atoms with E-state index in [9.17, 15) is 0 Å². The molecule has 1 aliphatic heterocycles. The van der Waals surface area contributed by atoms with Crippen molar-refractivity contribution in [1.29, 1.82) is 0 Å². The molecule has 2 unspecified atom stereocenters. The maximum Gasteiger partial charge on any atom is 0.0495 e. The Labute approximate surface area is 94.8 Å². The van der Waals surface area contributed by atoms with Crippen LogP contribution in [0.1, 0.15) is 51.9 Å². The van der Waals surface area contributed by atoms with Crippen molar-refractivity contribution in [3.8, 4) is 0 Å². The topological polar surface area (TPSA) is 21.3 Å². The number of unbranched alkanes of at least 4 members (excludes halogenated alkanes) is 3. The molecule has 1 fully saturated rings. The summed E-state index contributed by atoms with van der Waals surface area (Å²) in [5.74, 6) is 0.814. The Kier molecular flexibility index (Phi) is 7.03. The van der Waals surface area contributed by atoms with Crippen molar-refractivity contribution >= 4 is 0 Å². The van der Waals surface area contributed by atoms with Crippen molar-refractivity contribution < 1.29 is 4.74 Å². The van der Waals surface area contributed by atoms with E-state index in [1.807, 2.05) is 0 Å². The average Bonchev–Trinajstić information content (AvgIpc) is 2.75. The highest BCUT2D eigenvalue weighted by atomic mass is 16.5. The van der Waals surface area contributed by atoms with Gasteiger partial charge < -0.3 is 10.1 Å². The normalized spacial score (nSPS) is 23.2. The molecular formula is C13H27NO. The van der Waals surface area contributed by atoms with Gasteiger partial charge in [-0.2, -0.15) is 0 Å². The number of nitrogens with one attached hydrogen (secondary N) is 1. The summed E-state index contributed by atoms with van der Waals surface area (Å²) in [6, 6.07) is 0.716. The summed E-state index contributed by atoms with van der Waals surface area (Å²) in [5.41, 5.74) is 0. The monoisotopic (exact) mass is 213 g/mol. The molecule has 0 aromatic carbocycles. The molecule has 90 valence electrons. The minimum atomic E-state index is 0.716. The van der Waals surface area contributed by atoms with E-state index in [2.05, 4.69) is 19.3 Å². The van der Waals surface area contributed by atoms with Crippen LogP contribution in [0.4, 0.5) is 0 Å². The Morgan fingerprint density at radius 2 is 2.20 bits per heavy atom. The van der Waals surface area contributed by atoms with Crippen LogP contribution in [0.2, 0.25) is 0 Å². The maximum absolute atomic E-state index is 5.42. The minimum Gasteiger partial charge on any atom is -0.381 e. The van der Waals surface area contributed by atoms with Crippen molar-refractivity contribution in [3.05, 3.63) is 0 Å². The third-order valence-electron chi connectivity index (χ3n) is 3.46. The molecule has 2 atom stereocenters. The van der Waals surface area contributed by atoms with Gasteiger partial charge in [0, 0.05) is 19.3 Å². The van der Waals surface area contributed by atoms with E-state index >= 15 is 0 Å². The van der Waals surface area contributed by atoms with E-state index in [-0.39, 0.29) is 0 Å². The third-order valence-corrected chi connectivity index (χ3v) is 3.46. The molecule has 0 saturated carbocycles. The largest absolute Gasteiger partial charge is 0.381 e. The number of hydrogen-bond donors (Lipinski definition) is 1. The van der Waals surface area contributed by atoms with Gasteiger partial charge in [-0.15, -0.1) is 0 Å². The standard InChI is InChI=1S/C13H27NO/c1-3-4-5-6-7-13(14-2)10-12-8-9-15-11-12/h12-14H,3-11H2,1-2H3. The molecule has 1 aliphatic rings. The summed E-state index contributed by atoms with van der Waals surface area (Å²) in [4.78, 5) is 0. The lowest BCUT2D eigenvalue weighted by Gasteiger charge is -2.19. The lowest BCUT2D eigenvalue weighted by molar-refractivity contribution is 0.181. The van der Waals surface area contributed by atoms with Crippen molar-refractivity contribution in [2.24, 2.45) is 5.92 Å². The fourth-order valence-corrected chi connectivity index (χ4v) is 2.37. The molecule has 0 bridgehead atoms. The Morgan fingerprint density at radius 3 is 2.80 bits per heavy atom. The average molecular weight is 213 g/mol. The van der Waals surface area contributed by atoms with Gasteiger partial charge in [0.25, 0.3) is 0 Å². The maximum atomic E-state index is 5.42. The molecule has 2 heteroatoms. The van der Waals surface area contributed by atoms with E-state index in [0.29, 0.717) is 6.04 Å². The van der Waals surface area contributed by atoms with Crippen molar-refractivity contribution in [2.75, 3.05) is 20.3 Å². The molecule has 0 aromatic rings. The molecule has 0 radical (unpaired) electrons. The van der Waals surface area contributed by atoms with Gasteiger partial charge >= 0.3 is 0 Å². The van der Waals surface area contributed by atoms with Gasteiger partial charge in [-0.3, -0.25) is 0 Å². The van der Waals surface area contributed by atoms with Gasteiger partial charge in [0.15, 0.2) is 0 Å². The molecule has 1 heterocycles. The van der Waals surface area contributed by atoms with Crippen LogP contribution in [-0.2, 0) is 4.74 Å². The van der Waals surface area contributed by atoms with Gasteiger partial charge in [0.05, 0.1) is 0 Å². The lowest BCUT2D eigenvalue weighted by atomic mass is 9.95. The Hall–Kier alpha value is -0.0800. The quantitative estimate of drug-likeness (QED) is 0.626. The summed E-state index contributed by atoms with van der Waals surface area (Å²) in [5, 5.41) is 3.45. The van der Waals surface area contributed by atoms with Crippen LogP contribution in [0.5, 0.6) is 0 Å². The van der Waals surface area contributed by atoms with E-state index in [0.717, 1.165) is 19.1 Å². The fraction of sp³-hybridized carbons (Fsp3) is 1.00. The predicted molar refractivity (Wildman–Crippen MR) is 65.1 cm³/mol. The zero-order chi connectivity index (χ0) is 10.9. The first-order valence-corrected chi connectivity index (χ1v) is 6.61. The zero-order valence-corrected chi connectivity index (χ0v) is 10.4. The third kappa shape index (κ3) is 5.53. The van der Waals surface area contributed by atoms with Crippen molar-refractivity contribution in [1.82, 2.24) is 5.32 Å². The minimum absolute atomic E-state index is 0.716. The second-order valence-electron chi connectivity index (χ2n) is 4.80. The molecule has 15 heavy (non-hydrogen) atoms. The molecule has 2 nitrogen and oxygen atoms in total. The highest BCUT2D eigenvalue weighted by Crippen LogP contribution is 2.20. The summed E-state index contributed by atoms with van der Waals surface area (Å²) in [6.45, 7) is 4.25. The fourth-order valence-electron chi connectivity index (χ4n) is 2.37. The number of hydrogen-bond acceptors (Lipinski definition) is 2. The highest BCUT2D eigenvalue weighted by molar-refractivity contribution is 4.73. The summed E-state index contributed by atoms with van der Waals surface area (Å²) >= 11 is 0. The SMILES string of the molecule is CCCCCCC(CC1CCOC1)NC. The Bertz CT molecular complexity index is 143. The first-order chi connectivity index (χ1) is 7.36. The molecule has 0 spiro atoms. The lowest BCUT2D eigenvalue weighted by Crippen LogP contribution is -2.28. The van der Waals surface area contributed by atoms with Gasteiger partial charge in [-0.1, -0.05) is 32.6 Å². The van der Waals surface area contributed by atoms with Crippen LogP contribution >= 0.6 is 0 Å². The van der Waals surface area contributed by atoms with Crippen molar-refractivity contribution in [2.45, 2.75) is 57.9 Å². The van der Waals surface area contributed by atoms with Crippen LogP contribution in [0.3, 0.4) is 0 Å². The first kappa shape index (κ1) is 13.0. The Balaban J connectivity index is 2.06. The van der Waals surface area contributed by atoms with Crippen LogP contribution in [0.25, 0.3) is 0 Å². The number of rotatable bonds is 8. The van der Waals surface area contributed by atoms with Gasteiger partial charge in [0.1, 0.15) is 0 Å². The molecular weight excluding hydrogens is 186 g/mol. The van der Waals surface area contributed by atoms with E-state index in [1.54, 1.807) is 0 Å². The van der Waals surface area contributed by atoms with Crippen LogP contribution in [0, 0.1) is 5.92 Å². The zero-order valence-electron chi connectivity index (χ0n) is 10.4. The molecule has 1 N–H and O–H groups in total. The molecule has 0 aliphatic carbocycles.